The Labute approximate surface area is 117 Å². The van der Waals surface area contributed by atoms with Crippen LogP contribution < -0.4 is 15.8 Å². The van der Waals surface area contributed by atoms with Crippen molar-refractivity contribution in [2.75, 3.05) is 19.7 Å². The predicted molar refractivity (Wildman–Crippen MR) is 73.0 cm³/mol. The topological polar surface area (TPSA) is 64.3 Å². The number of carbonyl (C=O) groups is 1. The molecule has 0 fully saturated rings. The van der Waals surface area contributed by atoms with Crippen LogP contribution in [-0.4, -0.2) is 31.5 Å². The first kappa shape index (κ1) is 16.4. The summed E-state index contributed by atoms with van der Waals surface area (Å²) >= 11 is 0. The first-order chi connectivity index (χ1) is 9.34. The minimum atomic E-state index is -3.09. The Hall–Kier alpha value is -1.69. The predicted octanol–water partition coefficient (Wildman–Crippen LogP) is 1.90. The van der Waals surface area contributed by atoms with E-state index < -0.39 is 24.9 Å². The van der Waals surface area contributed by atoms with Crippen LogP contribution in [0.1, 0.15) is 25.3 Å². The number of carbonyl (C=O) groups excluding carboxylic acids is 1. The molecule has 1 amide bonds. The average molecular weight is 286 g/mol. The minimum Gasteiger partial charge on any atom is -0.484 e. The second-order valence-electron chi connectivity index (χ2n) is 4.85. The number of hydrogen-bond donors (Lipinski definition) is 2. The highest BCUT2D eigenvalue weighted by Gasteiger charge is 2.27. The Bertz CT molecular complexity index is 433. The third kappa shape index (κ3) is 5.52. The van der Waals surface area contributed by atoms with Crippen LogP contribution in [0.3, 0.4) is 0 Å². The molecule has 1 aromatic carbocycles. The number of rotatable bonds is 7. The maximum atomic E-state index is 12.8. The smallest absolute Gasteiger partial charge is 0.277 e. The molecule has 0 saturated heterocycles. The lowest BCUT2D eigenvalue weighted by Crippen LogP contribution is -2.43. The van der Waals surface area contributed by atoms with E-state index in [9.17, 15) is 13.6 Å². The maximum absolute atomic E-state index is 12.8. The highest BCUT2D eigenvalue weighted by Crippen LogP contribution is 2.18. The van der Waals surface area contributed by atoms with Crippen LogP contribution in [0.25, 0.3) is 0 Å². The van der Waals surface area contributed by atoms with E-state index >= 15 is 0 Å². The van der Waals surface area contributed by atoms with Crippen molar-refractivity contribution < 1.29 is 18.3 Å². The van der Waals surface area contributed by atoms with E-state index in [4.69, 9.17) is 10.5 Å². The summed E-state index contributed by atoms with van der Waals surface area (Å²) in [5, 5.41) is 2.08. The van der Waals surface area contributed by atoms with E-state index in [0.717, 1.165) is 5.56 Å². The fourth-order valence-corrected chi connectivity index (χ4v) is 1.45. The van der Waals surface area contributed by atoms with Crippen molar-refractivity contribution in [3.8, 4) is 5.75 Å². The van der Waals surface area contributed by atoms with Gasteiger partial charge >= 0.3 is 0 Å². The van der Waals surface area contributed by atoms with Crippen LogP contribution in [-0.2, 0) is 4.79 Å². The second kappa shape index (κ2) is 7.19. The molecule has 1 rings (SSSR count). The summed E-state index contributed by atoms with van der Waals surface area (Å²) in [7, 11) is 0. The van der Waals surface area contributed by atoms with Gasteiger partial charge in [-0.1, -0.05) is 26.0 Å². The Morgan fingerprint density at radius 2 is 1.95 bits per heavy atom. The minimum absolute atomic E-state index is 0.304. The van der Waals surface area contributed by atoms with Gasteiger partial charge < -0.3 is 15.8 Å². The summed E-state index contributed by atoms with van der Waals surface area (Å²) in [5.41, 5.74) is 6.02. The van der Waals surface area contributed by atoms with Gasteiger partial charge in [-0.2, -0.15) is 0 Å². The third-order valence-corrected chi connectivity index (χ3v) is 2.76. The number of hydrogen-bond acceptors (Lipinski definition) is 3. The molecule has 112 valence electrons. The number of alkyl halides is 2. The fraction of sp³-hybridized carbons (Fsp3) is 0.500. The van der Waals surface area contributed by atoms with E-state index in [1.54, 1.807) is 12.1 Å². The Kier molecular flexibility index (Phi) is 5.88. The summed E-state index contributed by atoms with van der Waals surface area (Å²) < 4.78 is 30.8. The number of ether oxygens (including phenoxy) is 1. The summed E-state index contributed by atoms with van der Waals surface area (Å²) in [6.45, 7) is 2.26. The Balaban J connectivity index is 2.37. The largest absolute Gasteiger partial charge is 0.484 e. The number of benzene rings is 1. The molecule has 0 heterocycles. The molecule has 0 aliphatic rings. The van der Waals surface area contributed by atoms with Crippen molar-refractivity contribution in [1.82, 2.24) is 5.32 Å². The van der Waals surface area contributed by atoms with Gasteiger partial charge in [0.15, 0.2) is 6.61 Å². The van der Waals surface area contributed by atoms with E-state index in [0.29, 0.717) is 11.7 Å². The number of nitrogens with two attached hydrogens (primary N) is 1. The molecule has 0 atom stereocenters. The van der Waals surface area contributed by atoms with Crippen molar-refractivity contribution in [3.05, 3.63) is 29.8 Å². The van der Waals surface area contributed by atoms with Crippen molar-refractivity contribution in [2.24, 2.45) is 5.73 Å². The molecule has 3 N–H and O–H groups in total. The van der Waals surface area contributed by atoms with Crippen LogP contribution in [0.5, 0.6) is 5.75 Å². The number of halogens is 2. The summed E-state index contributed by atoms with van der Waals surface area (Å²) in [6.07, 6.45) is 0. The van der Waals surface area contributed by atoms with E-state index in [1.165, 1.54) is 0 Å². The van der Waals surface area contributed by atoms with Gasteiger partial charge in [-0.25, -0.2) is 8.78 Å². The van der Waals surface area contributed by atoms with Crippen molar-refractivity contribution >= 4 is 5.91 Å². The molecule has 0 unspecified atom stereocenters. The Morgan fingerprint density at radius 3 is 2.45 bits per heavy atom. The Morgan fingerprint density at radius 1 is 1.35 bits per heavy atom. The molecule has 0 saturated carbocycles. The quantitative estimate of drug-likeness (QED) is 0.804. The van der Waals surface area contributed by atoms with Gasteiger partial charge in [-0.05, 0) is 23.6 Å². The normalized spacial score (nSPS) is 11.5. The van der Waals surface area contributed by atoms with Crippen molar-refractivity contribution in [2.45, 2.75) is 25.7 Å². The summed E-state index contributed by atoms with van der Waals surface area (Å²) in [5.74, 6) is -2.76. The molecule has 4 nitrogen and oxygen atoms in total. The first-order valence-electron chi connectivity index (χ1n) is 6.41. The van der Waals surface area contributed by atoms with E-state index in [2.05, 4.69) is 19.2 Å². The lowest BCUT2D eigenvalue weighted by molar-refractivity contribution is -0.124. The van der Waals surface area contributed by atoms with E-state index in [-0.39, 0.29) is 6.61 Å². The molecule has 6 heteroatoms. The third-order valence-electron chi connectivity index (χ3n) is 2.76. The van der Waals surface area contributed by atoms with Gasteiger partial charge in [-0.3, -0.25) is 4.79 Å². The van der Waals surface area contributed by atoms with Gasteiger partial charge in [0.1, 0.15) is 5.75 Å². The average Bonchev–Trinajstić information content (AvgIpc) is 2.43. The maximum Gasteiger partial charge on any atom is 0.277 e. The van der Waals surface area contributed by atoms with Crippen LogP contribution in [0, 0.1) is 0 Å². The highest BCUT2D eigenvalue weighted by atomic mass is 19.3. The highest BCUT2D eigenvalue weighted by molar-refractivity contribution is 5.77. The van der Waals surface area contributed by atoms with Gasteiger partial charge in [0.25, 0.3) is 11.8 Å². The molecule has 20 heavy (non-hydrogen) atoms. The van der Waals surface area contributed by atoms with Gasteiger partial charge in [0.2, 0.25) is 0 Å². The van der Waals surface area contributed by atoms with Gasteiger partial charge in [0, 0.05) is 0 Å². The fourth-order valence-electron chi connectivity index (χ4n) is 1.45. The van der Waals surface area contributed by atoms with Crippen LogP contribution >= 0.6 is 0 Å². The molecule has 1 aromatic rings. The summed E-state index contributed by atoms with van der Waals surface area (Å²) in [4.78, 5) is 11.3. The lowest BCUT2D eigenvalue weighted by atomic mass is 10.0. The molecule has 0 aromatic heterocycles. The van der Waals surface area contributed by atoms with Crippen LogP contribution in [0.2, 0.25) is 0 Å². The zero-order valence-electron chi connectivity index (χ0n) is 11.7. The van der Waals surface area contributed by atoms with Gasteiger partial charge in [-0.15, -0.1) is 0 Å². The van der Waals surface area contributed by atoms with Crippen molar-refractivity contribution in [1.29, 1.82) is 0 Å². The van der Waals surface area contributed by atoms with Crippen molar-refractivity contribution in [3.63, 3.8) is 0 Å². The molecule has 0 radical (unpaired) electrons. The number of amides is 1. The molecule has 0 aliphatic heterocycles. The monoisotopic (exact) mass is 286 g/mol. The molecule has 0 spiro atoms. The summed E-state index contributed by atoms with van der Waals surface area (Å²) in [6, 6.07) is 7.30. The SMILES string of the molecule is CC(C)c1ccc(OCC(=O)NCC(F)(F)CN)cc1. The first-order valence-corrected chi connectivity index (χ1v) is 6.41. The van der Waals surface area contributed by atoms with E-state index in [1.807, 2.05) is 12.1 Å². The standard InChI is InChI=1S/C14H20F2N2O2/c1-10(2)11-3-5-12(6-4-11)20-7-13(19)18-9-14(15,16)8-17/h3-6,10H,7-9,17H2,1-2H3,(H,18,19). The zero-order chi connectivity index (χ0) is 15.2. The molecular formula is C14H20F2N2O2. The number of nitrogens with one attached hydrogen (secondary N) is 1. The zero-order valence-corrected chi connectivity index (χ0v) is 11.7. The van der Waals surface area contributed by atoms with Crippen LogP contribution in [0.4, 0.5) is 8.78 Å². The second-order valence-corrected chi connectivity index (χ2v) is 4.85. The molecule has 0 bridgehead atoms. The van der Waals surface area contributed by atoms with Gasteiger partial charge in [0.05, 0.1) is 13.1 Å². The molecular weight excluding hydrogens is 266 g/mol. The van der Waals surface area contributed by atoms with Crippen LogP contribution in [0.15, 0.2) is 24.3 Å². The molecule has 0 aliphatic carbocycles. The lowest BCUT2D eigenvalue weighted by Gasteiger charge is -2.14.